The van der Waals surface area contributed by atoms with E-state index in [1.165, 1.54) is 0 Å². The van der Waals surface area contributed by atoms with Crippen molar-refractivity contribution >= 4 is 17.5 Å². The summed E-state index contributed by atoms with van der Waals surface area (Å²) in [6.45, 7) is 0. The average molecular weight is 298 g/mol. The fourth-order valence-electron chi connectivity index (χ4n) is 2.53. The van der Waals surface area contributed by atoms with Crippen molar-refractivity contribution in [3.8, 4) is 0 Å². The fraction of sp³-hybridized carbons (Fsp3) is 0.533. The molecule has 2 rings (SSSR count). The molecule has 1 amide bonds. The third kappa shape index (κ3) is 4.20. The molecule has 0 heterocycles. The van der Waals surface area contributed by atoms with Crippen molar-refractivity contribution in [3.63, 3.8) is 0 Å². The highest BCUT2D eigenvalue weighted by atomic mass is 35.5. The van der Waals surface area contributed by atoms with E-state index in [4.69, 9.17) is 11.6 Å². The van der Waals surface area contributed by atoms with Crippen molar-refractivity contribution in [1.29, 1.82) is 0 Å². The number of halogens is 1. The van der Waals surface area contributed by atoms with E-state index >= 15 is 0 Å². The summed E-state index contributed by atoms with van der Waals surface area (Å²) in [7, 11) is 0. The predicted octanol–water partition coefficient (Wildman–Crippen LogP) is 1.66. The number of aliphatic hydroxyl groups excluding tert-OH is 2. The fourth-order valence-corrected chi connectivity index (χ4v) is 2.66. The predicted molar refractivity (Wildman–Crippen MR) is 77.6 cm³/mol. The molecule has 0 aromatic heterocycles. The Hall–Kier alpha value is -1.10. The molecule has 1 aliphatic rings. The topological polar surface area (TPSA) is 69.6 Å². The third-order valence-electron chi connectivity index (χ3n) is 3.70. The van der Waals surface area contributed by atoms with E-state index in [1.807, 2.05) is 0 Å². The third-order valence-corrected chi connectivity index (χ3v) is 3.95. The molecule has 0 unspecified atom stereocenters. The lowest BCUT2D eigenvalue weighted by atomic mass is 10.0. The molecule has 0 saturated heterocycles. The number of carbonyl (C=O) groups is 1. The minimum atomic E-state index is -0.883. The number of amides is 1. The SMILES string of the molecule is O=C(Cc1ccc(Cl)cc1)N[C@@H]1CCCC[C@@H](O)[C@@H]1O. The first-order valence-corrected chi connectivity index (χ1v) is 7.34. The van der Waals surface area contributed by atoms with E-state index in [0.717, 1.165) is 18.4 Å². The summed E-state index contributed by atoms with van der Waals surface area (Å²) in [6.07, 6.45) is 1.68. The van der Waals surface area contributed by atoms with Crippen molar-refractivity contribution in [2.45, 2.75) is 50.4 Å². The van der Waals surface area contributed by atoms with Gasteiger partial charge in [0, 0.05) is 5.02 Å². The van der Waals surface area contributed by atoms with Gasteiger partial charge < -0.3 is 15.5 Å². The summed E-state index contributed by atoms with van der Waals surface area (Å²) in [6, 6.07) is 6.73. The molecule has 0 spiro atoms. The number of hydrogen-bond acceptors (Lipinski definition) is 3. The normalized spacial score (nSPS) is 26.9. The van der Waals surface area contributed by atoms with Crippen LogP contribution in [-0.2, 0) is 11.2 Å². The second-order valence-electron chi connectivity index (χ2n) is 5.32. The van der Waals surface area contributed by atoms with Gasteiger partial charge in [-0.15, -0.1) is 0 Å². The van der Waals surface area contributed by atoms with Gasteiger partial charge in [-0.05, 0) is 30.5 Å². The van der Waals surface area contributed by atoms with Crippen molar-refractivity contribution in [3.05, 3.63) is 34.9 Å². The van der Waals surface area contributed by atoms with Gasteiger partial charge in [0.15, 0.2) is 0 Å². The maximum Gasteiger partial charge on any atom is 0.224 e. The van der Waals surface area contributed by atoms with Crippen LogP contribution in [0.5, 0.6) is 0 Å². The Morgan fingerprint density at radius 3 is 2.55 bits per heavy atom. The van der Waals surface area contributed by atoms with Gasteiger partial charge in [0.2, 0.25) is 5.91 Å². The summed E-state index contributed by atoms with van der Waals surface area (Å²) < 4.78 is 0. The van der Waals surface area contributed by atoms with Gasteiger partial charge in [-0.3, -0.25) is 4.79 Å². The number of rotatable bonds is 3. The van der Waals surface area contributed by atoms with Gasteiger partial charge in [0.1, 0.15) is 0 Å². The van der Waals surface area contributed by atoms with Crippen LogP contribution >= 0.6 is 11.6 Å². The zero-order chi connectivity index (χ0) is 14.5. The molecule has 0 aliphatic heterocycles. The van der Waals surface area contributed by atoms with Gasteiger partial charge >= 0.3 is 0 Å². The smallest absolute Gasteiger partial charge is 0.224 e. The average Bonchev–Trinajstić information content (AvgIpc) is 2.57. The Balaban J connectivity index is 1.91. The quantitative estimate of drug-likeness (QED) is 0.743. The molecule has 1 aromatic rings. The minimum absolute atomic E-state index is 0.148. The van der Waals surface area contributed by atoms with E-state index in [2.05, 4.69) is 5.32 Å². The first-order valence-electron chi connectivity index (χ1n) is 6.96. The molecular formula is C15H20ClNO3. The van der Waals surface area contributed by atoms with Crippen molar-refractivity contribution < 1.29 is 15.0 Å². The molecule has 1 aliphatic carbocycles. The van der Waals surface area contributed by atoms with Crippen LogP contribution in [0.15, 0.2) is 24.3 Å². The largest absolute Gasteiger partial charge is 0.390 e. The van der Waals surface area contributed by atoms with Crippen LogP contribution in [0.2, 0.25) is 5.02 Å². The molecule has 0 bridgehead atoms. The summed E-state index contributed by atoms with van der Waals surface area (Å²) in [5.74, 6) is -0.148. The number of benzene rings is 1. The number of hydrogen-bond donors (Lipinski definition) is 3. The Morgan fingerprint density at radius 1 is 1.20 bits per heavy atom. The summed E-state index contributed by atoms with van der Waals surface area (Å²) in [5.41, 5.74) is 0.871. The van der Waals surface area contributed by atoms with Crippen LogP contribution in [0, 0.1) is 0 Å². The van der Waals surface area contributed by atoms with Crippen molar-refractivity contribution in [2.75, 3.05) is 0 Å². The number of aliphatic hydroxyl groups is 2. The monoisotopic (exact) mass is 297 g/mol. The lowest BCUT2D eigenvalue weighted by Crippen LogP contribution is -2.47. The molecule has 3 N–H and O–H groups in total. The molecule has 1 saturated carbocycles. The lowest BCUT2D eigenvalue weighted by Gasteiger charge is -2.24. The zero-order valence-electron chi connectivity index (χ0n) is 11.3. The van der Waals surface area contributed by atoms with Crippen molar-refractivity contribution in [2.24, 2.45) is 0 Å². The molecule has 1 aromatic carbocycles. The molecular weight excluding hydrogens is 278 g/mol. The second-order valence-corrected chi connectivity index (χ2v) is 5.76. The first kappa shape index (κ1) is 15.3. The highest BCUT2D eigenvalue weighted by Crippen LogP contribution is 2.19. The van der Waals surface area contributed by atoms with Gasteiger partial charge in [-0.1, -0.05) is 36.6 Å². The van der Waals surface area contributed by atoms with Crippen LogP contribution in [-0.4, -0.2) is 34.4 Å². The van der Waals surface area contributed by atoms with E-state index in [1.54, 1.807) is 24.3 Å². The standard InChI is InChI=1S/C15H20ClNO3/c16-11-7-5-10(6-8-11)9-14(19)17-12-3-1-2-4-13(18)15(12)20/h5-8,12-13,15,18,20H,1-4,9H2,(H,17,19)/t12-,13-,15-/m1/s1. The molecule has 3 atom stereocenters. The Labute approximate surface area is 123 Å². The van der Waals surface area contributed by atoms with Crippen LogP contribution in [0.3, 0.4) is 0 Å². The van der Waals surface area contributed by atoms with Gasteiger partial charge in [-0.2, -0.15) is 0 Å². The molecule has 1 fully saturated rings. The van der Waals surface area contributed by atoms with Gasteiger partial charge in [-0.25, -0.2) is 0 Å². The highest BCUT2D eigenvalue weighted by molar-refractivity contribution is 6.30. The maximum absolute atomic E-state index is 12.0. The van der Waals surface area contributed by atoms with Crippen LogP contribution in [0.4, 0.5) is 0 Å². The maximum atomic E-state index is 12.0. The minimum Gasteiger partial charge on any atom is -0.390 e. The molecule has 5 heteroatoms. The first-order chi connectivity index (χ1) is 9.56. The van der Waals surface area contributed by atoms with Crippen LogP contribution in [0.25, 0.3) is 0 Å². The van der Waals surface area contributed by atoms with Gasteiger partial charge in [0.25, 0.3) is 0 Å². The summed E-state index contributed by atoms with van der Waals surface area (Å²) >= 11 is 5.80. The highest BCUT2D eigenvalue weighted by Gasteiger charge is 2.29. The van der Waals surface area contributed by atoms with E-state index in [-0.39, 0.29) is 18.4 Å². The Bertz CT molecular complexity index is 449. The van der Waals surface area contributed by atoms with Crippen molar-refractivity contribution in [1.82, 2.24) is 5.32 Å². The molecule has 110 valence electrons. The second kappa shape index (κ2) is 7.07. The number of nitrogens with one attached hydrogen (secondary N) is 1. The Kier molecular flexibility index (Phi) is 5.40. The van der Waals surface area contributed by atoms with E-state index in [9.17, 15) is 15.0 Å². The van der Waals surface area contributed by atoms with Crippen LogP contribution in [0.1, 0.15) is 31.2 Å². The molecule has 20 heavy (non-hydrogen) atoms. The number of carbonyl (C=O) groups excluding carboxylic acids is 1. The molecule has 0 radical (unpaired) electrons. The summed E-state index contributed by atoms with van der Waals surface area (Å²) in [5, 5.41) is 23.2. The van der Waals surface area contributed by atoms with E-state index < -0.39 is 12.2 Å². The zero-order valence-corrected chi connectivity index (χ0v) is 12.0. The summed E-state index contributed by atoms with van der Waals surface area (Å²) in [4.78, 5) is 12.0. The molecule has 4 nitrogen and oxygen atoms in total. The Morgan fingerprint density at radius 2 is 1.85 bits per heavy atom. The lowest BCUT2D eigenvalue weighted by molar-refractivity contribution is -0.122. The van der Waals surface area contributed by atoms with Gasteiger partial charge in [0.05, 0.1) is 24.7 Å². The van der Waals surface area contributed by atoms with Crippen LogP contribution < -0.4 is 5.32 Å². The van der Waals surface area contributed by atoms with E-state index in [0.29, 0.717) is 17.9 Å².